The molecule has 3 unspecified atom stereocenters. The van der Waals surface area contributed by atoms with E-state index in [-0.39, 0.29) is 29.4 Å². The Balaban J connectivity index is 2.36. The number of carboxylic acids is 1. The van der Waals surface area contributed by atoms with Crippen LogP contribution in [0.3, 0.4) is 0 Å². The molecule has 0 aromatic carbocycles. The second-order valence-electron chi connectivity index (χ2n) is 6.25. The van der Waals surface area contributed by atoms with Gasteiger partial charge in [-0.2, -0.15) is 0 Å². The molecule has 0 bridgehead atoms. The highest BCUT2D eigenvalue weighted by Gasteiger charge is 2.31. The van der Waals surface area contributed by atoms with Crippen LogP contribution in [-0.2, 0) is 4.79 Å². The summed E-state index contributed by atoms with van der Waals surface area (Å²) in [5.74, 6) is -1.07. The van der Waals surface area contributed by atoms with Gasteiger partial charge in [0.25, 0.3) is 0 Å². The standard InChI is InChI=1S/C13H24N2O3/c1-8(13(2,3)4)14-12(18)15-10-6-5-9(7-10)11(16)17/h8-10H,5-7H2,1-4H3,(H,16,17)(H2,14,15,18). The molecule has 0 aromatic rings. The molecule has 0 saturated heterocycles. The van der Waals surface area contributed by atoms with Crippen LogP contribution < -0.4 is 10.6 Å². The van der Waals surface area contributed by atoms with Gasteiger partial charge in [0.2, 0.25) is 0 Å². The number of urea groups is 1. The molecule has 3 N–H and O–H groups in total. The van der Waals surface area contributed by atoms with Crippen molar-refractivity contribution in [1.29, 1.82) is 0 Å². The third kappa shape index (κ3) is 4.20. The lowest BCUT2D eigenvalue weighted by Crippen LogP contribution is -2.48. The summed E-state index contributed by atoms with van der Waals surface area (Å²) in [6.45, 7) is 8.16. The fourth-order valence-electron chi connectivity index (χ4n) is 1.98. The summed E-state index contributed by atoms with van der Waals surface area (Å²) in [6, 6.07) is -0.152. The van der Waals surface area contributed by atoms with E-state index < -0.39 is 5.97 Å². The molecular formula is C13H24N2O3. The van der Waals surface area contributed by atoms with E-state index in [1.54, 1.807) is 0 Å². The molecule has 1 aliphatic rings. The molecule has 5 heteroatoms. The van der Waals surface area contributed by atoms with E-state index in [0.717, 1.165) is 6.42 Å². The highest BCUT2D eigenvalue weighted by molar-refractivity contribution is 5.75. The highest BCUT2D eigenvalue weighted by Crippen LogP contribution is 2.25. The number of amides is 2. The lowest BCUT2D eigenvalue weighted by atomic mass is 9.88. The van der Waals surface area contributed by atoms with Gasteiger partial charge in [-0.1, -0.05) is 20.8 Å². The topological polar surface area (TPSA) is 78.4 Å². The molecule has 1 rings (SSSR count). The van der Waals surface area contributed by atoms with Crippen LogP contribution in [0, 0.1) is 11.3 Å². The molecule has 5 nitrogen and oxygen atoms in total. The van der Waals surface area contributed by atoms with Crippen LogP contribution in [0.1, 0.15) is 47.0 Å². The maximum Gasteiger partial charge on any atom is 0.315 e. The van der Waals surface area contributed by atoms with Gasteiger partial charge in [0.1, 0.15) is 0 Å². The quantitative estimate of drug-likeness (QED) is 0.722. The zero-order valence-corrected chi connectivity index (χ0v) is 11.6. The van der Waals surface area contributed by atoms with Gasteiger partial charge in [-0.25, -0.2) is 4.79 Å². The van der Waals surface area contributed by atoms with Crippen LogP contribution in [-0.4, -0.2) is 29.2 Å². The Kier molecular flexibility index (Phi) is 4.59. The van der Waals surface area contributed by atoms with Gasteiger partial charge in [-0.15, -0.1) is 0 Å². The average Bonchev–Trinajstić information content (AvgIpc) is 2.64. The van der Waals surface area contributed by atoms with Crippen molar-refractivity contribution < 1.29 is 14.7 Å². The first kappa shape index (κ1) is 14.8. The Morgan fingerprint density at radius 1 is 1.28 bits per heavy atom. The molecule has 18 heavy (non-hydrogen) atoms. The van der Waals surface area contributed by atoms with Crippen molar-refractivity contribution in [2.24, 2.45) is 11.3 Å². The van der Waals surface area contributed by atoms with E-state index >= 15 is 0 Å². The number of nitrogens with one attached hydrogen (secondary N) is 2. The molecule has 0 aliphatic heterocycles. The monoisotopic (exact) mass is 256 g/mol. The molecule has 2 amide bonds. The van der Waals surface area contributed by atoms with Crippen molar-refractivity contribution in [1.82, 2.24) is 10.6 Å². The summed E-state index contributed by atoms with van der Waals surface area (Å²) in [4.78, 5) is 22.6. The summed E-state index contributed by atoms with van der Waals surface area (Å²) < 4.78 is 0. The second kappa shape index (κ2) is 5.59. The fourth-order valence-corrected chi connectivity index (χ4v) is 1.98. The molecule has 0 spiro atoms. The lowest BCUT2D eigenvalue weighted by Gasteiger charge is -2.28. The Morgan fingerprint density at radius 2 is 1.89 bits per heavy atom. The van der Waals surface area contributed by atoms with Gasteiger partial charge in [0.05, 0.1) is 5.92 Å². The number of rotatable bonds is 3. The van der Waals surface area contributed by atoms with Gasteiger partial charge in [-0.3, -0.25) is 4.79 Å². The lowest BCUT2D eigenvalue weighted by molar-refractivity contribution is -0.141. The predicted octanol–water partition coefficient (Wildman–Crippen LogP) is 1.97. The zero-order valence-electron chi connectivity index (χ0n) is 11.6. The molecular weight excluding hydrogens is 232 g/mol. The van der Waals surface area contributed by atoms with E-state index in [0.29, 0.717) is 12.8 Å². The molecule has 0 radical (unpaired) electrons. The summed E-state index contributed by atoms with van der Waals surface area (Å²) in [5.41, 5.74) is 0.0105. The number of carbonyl (C=O) groups is 2. The van der Waals surface area contributed by atoms with Crippen molar-refractivity contribution in [3.63, 3.8) is 0 Å². The van der Waals surface area contributed by atoms with Crippen molar-refractivity contribution in [3.05, 3.63) is 0 Å². The third-order valence-electron chi connectivity index (χ3n) is 3.76. The molecule has 104 valence electrons. The second-order valence-corrected chi connectivity index (χ2v) is 6.25. The van der Waals surface area contributed by atoms with Crippen LogP contribution >= 0.6 is 0 Å². The Hall–Kier alpha value is -1.26. The minimum atomic E-state index is -0.761. The number of carboxylic acid groups (broad SMARTS) is 1. The Labute approximate surface area is 108 Å². The van der Waals surface area contributed by atoms with Crippen molar-refractivity contribution in [3.8, 4) is 0 Å². The molecule has 1 fully saturated rings. The summed E-state index contributed by atoms with van der Waals surface area (Å²) in [6.07, 6.45) is 1.93. The zero-order chi connectivity index (χ0) is 13.9. The normalized spacial score (nSPS) is 25.6. The molecule has 1 aliphatic carbocycles. The number of aliphatic carboxylic acids is 1. The van der Waals surface area contributed by atoms with Gasteiger partial charge in [0, 0.05) is 12.1 Å². The molecule has 0 aromatic heterocycles. The van der Waals surface area contributed by atoms with Gasteiger partial charge in [-0.05, 0) is 31.6 Å². The summed E-state index contributed by atoms with van der Waals surface area (Å²) in [7, 11) is 0. The van der Waals surface area contributed by atoms with Crippen LogP contribution in [0.5, 0.6) is 0 Å². The minimum absolute atomic E-state index is 0.0105. The SMILES string of the molecule is CC(NC(=O)NC1CCC(C(=O)O)C1)C(C)(C)C. The van der Waals surface area contributed by atoms with E-state index in [1.807, 2.05) is 6.92 Å². The van der Waals surface area contributed by atoms with E-state index in [1.165, 1.54) is 0 Å². The van der Waals surface area contributed by atoms with Gasteiger partial charge >= 0.3 is 12.0 Å². The highest BCUT2D eigenvalue weighted by atomic mass is 16.4. The molecule has 3 atom stereocenters. The number of carbonyl (C=O) groups excluding carboxylic acids is 1. The first-order valence-electron chi connectivity index (χ1n) is 6.50. The van der Waals surface area contributed by atoms with Crippen molar-refractivity contribution in [2.45, 2.75) is 59.0 Å². The van der Waals surface area contributed by atoms with Crippen LogP contribution in [0.25, 0.3) is 0 Å². The van der Waals surface area contributed by atoms with Crippen LogP contribution in [0.4, 0.5) is 4.79 Å². The first-order valence-corrected chi connectivity index (χ1v) is 6.50. The average molecular weight is 256 g/mol. The van der Waals surface area contributed by atoms with Gasteiger partial charge < -0.3 is 15.7 Å². The maximum absolute atomic E-state index is 11.8. The largest absolute Gasteiger partial charge is 0.481 e. The molecule has 0 heterocycles. The Bertz CT molecular complexity index is 323. The smallest absolute Gasteiger partial charge is 0.315 e. The van der Waals surface area contributed by atoms with Gasteiger partial charge in [0.15, 0.2) is 0 Å². The van der Waals surface area contributed by atoms with Crippen LogP contribution in [0.2, 0.25) is 0 Å². The summed E-state index contributed by atoms with van der Waals surface area (Å²) >= 11 is 0. The maximum atomic E-state index is 11.8. The summed E-state index contributed by atoms with van der Waals surface area (Å²) in [5, 5.41) is 14.6. The number of hydrogen-bond acceptors (Lipinski definition) is 2. The van der Waals surface area contributed by atoms with Crippen molar-refractivity contribution in [2.75, 3.05) is 0 Å². The fraction of sp³-hybridized carbons (Fsp3) is 0.846. The third-order valence-corrected chi connectivity index (χ3v) is 3.76. The number of hydrogen-bond donors (Lipinski definition) is 3. The van der Waals surface area contributed by atoms with E-state index in [9.17, 15) is 9.59 Å². The Morgan fingerprint density at radius 3 is 2.33 bits per heavy atom. The first-order chi connectivity index (χ1) is 8.20. The minimum Gasteiger partial charge on any atom is -0.481 e. The molecule has 1 saturated carbocycles. The van der Waals surface area contributed by atoms with Crippen molar-refractivity contribution >= 4 is 12.0 Å². The van der Waals surface area contributed by atoms with E-state index in [4.69, 9.17) is 5.11 Å². The predicted molar refractivity (Wildman–Crippen MR) is 69.3 cm³/mol. The van der Waals surface area contributed by atoms with Crippen LogP contribution in [0.15, 0.2) is 0 Å². The van der Waals surface area contributed by atoms with E-state index in [2.05, 4.69) is 31.4 Å².